The number of nitrogens with zero attached hydrogens (tertiary/aromatic N) is 2. The lowest BCUT2D eigenvalue weighted by Gasteiger charge is -2.20. The van der Waals surface area contributed by atoms with Crippen LogP contribution in [0.1, 0.15) is 30.7 Å². The van der Waals surface area contributed by atoms with Crippen LogP contribution in [-0.2, 0) is 19.6 Å². The van der Waals surface area contributed by atoms with Crippen LogP contribution >= 0.6 is 0 Å². The van der Waals surface area contributed by atoms with Crippen LogP contribution < -0.4 is 10.6 Å². The first kappa shape index (κ1) is 17.9. The Hall–Kier alpha value is -2.40. The smallest absolute Gasteiger partial charge is 0.315 e. The van der Waals surface area contributed by atoms with Crippen molar-refractivity contribution in [2.45, 2.75) is 33.5 Å². The Morgan fingerprint density at radius 2 is 1.62 bits per heavy atom. The zero-order chi connectivity index (χ0) is 17.2. The first-order valence-electron chi connectivity index (χ1n) is 8.43. The molecule has 5 nitrogen and oxygen atoms in total. The monoisotopic (exact) mass is 326 g/mol. The van der Waals surface area contributed by atoms with Gasteiger partial charge in [0.05, 0.1) is 12.2 Å². The highest BCUT2D eigenvalue weighted by Crippen LogP contribution is 2.11. The number of amides is 2. The van der Waals surface area contributed by atoms with Gasteiger partial charge in [-0.15, -0.1) is 0 Å². The summed E-state index contributed by atoms with van der Waals surface area (Å²) in [5.74, 6) is 0. The molecule has 2 rings (SSSR count). The van der Waals surface area contributed by atoms with Gasteiger partial charge in [-0.2, -0.15) is 0 Å². The molecule has 1 heterocycles. The van der Waals surface area contributed by atoms with Gasteiger partial charge < -0.3 is 10.6 Å². The Morgan fingerprint density at radius 1 is 0.958 bits per heavy atom. The van der Waals surface area contributed by atoms with Crippen LogP contribution in [0.4, 0.5) is 4.79 Å². The molecule has 0 fully saturated rings. The first-order chi connectivity index (χ1) is 11.7. The molecular formula is C19H26N4O. The Labute approximate surface area is 144 Å². The van der Waals surface area contributed by atoms with Crippen molar-refractivity contribution in [3.05, 3.63) is 65.5 Å². The van der Waals surface area contributed by atoms with Gasteiger partial charge in [0.15, 0.2) is 0 Å². The van der Waals surface area contributed by atoms with Gasteiger partial charge in [-0.1, -0.05) is 44.2 Å². The Kier molecular flexibility index (Phi) is 7.23. The molecule has 5 heteroatoms. The summed E-state index contributed by atoms with van der Waals surface area (Å²) < 4.78 is 0. The van der Waals surface area contributed by atoms with Crippen LogP contribution in [0.2, 0.25) is 0 Å². The molecule has 1 aromatic heterocycles. The first-order valence-corrected chi connectivity index (χ1v) is 8.43. The quantitative estimate of drug-likeness (QED) is 0.784. The van der Waals surface area contributed by atoms with Gasteiger partial charge in [-0.05, 0) is 36.3 Å². The number of urea groups is 1. The van der Waals surface area contributed by atoms with Crippen molar-refractivity contribution in [3.8, 4) is 0 Å². The zero-order valence-electron chi connectivity index (χ0n) is 14.5. The normalized spacial score (nSPS) is 10.6. The van der Waals surface area contributed by atoms with E-state index in [1.807, 2.05) is 30.3 Å². The van der Waals surface area contributed by atoms with E-state index < -0.39 is 0 Å². The second-order valence-electron chi connectivity index (χ2n) is 5.59. The average Bonchev–Trinajstić information content (AvgIpc) is 2.64. The molecule has 0 saturated carbocycles. The van der Waals surface area contributed by atoms with Gasteiger partial charge in [0.25, 0.3) is 0 Å². The molecule has 0 aliphatic carbocycles. The summed E-state index contributed by atoms with van der Waals surface area (Å²) in [6.07, 6.45) is 1.72. The third-order valence-corrected chi connectivity index (χ3v) is 4.00. The van der Waals surface area contributed by atoms with E-state index in [1.54, 1.807) is 6.20 Å². The van der Waals surface area contributed by atoms with Crippen molar-refractivity contribution < 1.29 is 4.79 Å². The second-order valence-corrected chi connectivity index (χ2v) is 5.59. The molecule has 0 saturated heterocycles. The SMILES string of the molecule is CCN(CC)Cc1ccccc1CNC(=O)NCc1ccccn1. The number of hydrogen-bond donors (Lipinski definition) is 2. The minimum atomic E-state index is -0.182. The standard InChI is InChI=1S/C19H26N4O/c1-3-23(4-2)15-17-10-6-5-9-16(17)13-21-19(24)22-14-18-11-7-8-12-20-18/h5-12H,3-4,13-15H2,1-2H3,(H2,21,22,24). The highest BCUT2D eigenvalue weighted by Gasteiger charge is 2.07. The third kappa shape index (κ3) is 5.66. The average molecular weight is 326 g/mol. The van der Waals surface area contributed by atoms with Gasteiger partial charge in [0, 0.05) is 19.3 Å². The maximum absolute atomic E-state index is 12.0. The van der Waals surface area contributed by atoms with E-state index in [4.69, 9.17) is 0 Å². The van der Waals surface area contributed by atoms with E-state index in [0.29, 0.717) is 13.1 Å². The number of benzene rings is 1. The molecule has 2 aromatic rings. The lowest BCUT2D eigenvalue weighted by atomic mass is 10.1. The van der Waals surface area contributed by atoms with Crippen LogP contribution in [0.3, 0.4) is 0 Å². The molecule has 1 aromatic carbocycles. The zero-order valence-corrected chi connectivity index (χ0v) is 14.5. The summed E-state index contributed by atoms with van der Waals surface area (Å²) in [4.78, 5) is 18.5. The molecule has 0 spiro atoms. The predicted molar refractivity (Wildman–Crippen MR) is 96.4 cm³/mol. The summed E-state index contributed by atoms with van der Waals surface area (Å²) in [6.45, 7) is 8.20. The van der Waals surface area contributed by atoms with E-state index in [9.17, 15) is 4.79 Å². The Morgan fingerprint density at radius 3 is 2.29 bits per heavy atom. The Balaban J connectivity index is 1.86. The van der Waals surface area contributed by atoms with E-state index in [-0.39, 0.29) is 6.03 Å². The predicted octanol–water partition coefficient (Wildman–Crippen LogP) is 2.92. The highest BCUT2D eigenvalue weighted by atomic mass is 16.2. The highest BCUT2D eigenvalue weighted by molar-refractivity contribution is 5.73. The van der Waals surface area contributed by atoms with Crippen LogP contribution in [0.5, 0.6) is 0 Å². The third-order valence-electron chi connectivity index (χ3n) is 4.00. The van der Waals surface area contributed by atoms with Crippen molar-refractivity contribution in [1.82, 2.24) is 20.5 Å². The van der Waals surface area contributed by atoms with Crippen molar-refractivity contribution in [1.29, 1.82) is 0 Å². The number of nitrogens with one attached hydrogen (secondary N) is 2. The molecule has 0 aliphatic rings. The van der Waals surface area contributed by atoms with Crippen molar-refractivity contribution in [3.63, 3.8) is 0 Å². The molecule has 0 atom stereocenters. The number of hydrogen-bond acceptors (Lipinski definition) is 3. The van der Waals surface area contributed by atoms with Gasteiger partial charge >= 0.3 is 6.03 Å². The number of carbonyl (C=O) groups is 1. The van der Waals surface area contributed by atoms with Gasteiger partial charge in [0.2, 0.25) is 0 Å². The van der Waals surface area contributed by atoms with Crippen LogP contribution in [0.25, 0.3) is 0 Å². The minimum Gasteiger partial charge on any atom is -0.334 e. The van der Waals surface area contributed by atoms with Crippen LogP contribution in [-0.4, -0.2) is 29.0 Å². The van der Waals surface area contributed by atoms with Crippen LogP contribution in [0, 0.1) is 0 Å². The largest absolute Gasteiger partial charge is 0.334 e. The van der Waals surface area contributed by atoms with E-state index >= 15 is 0 Å². The second kappa shape index (κ2) is 9.67. The summed E-state index contributed by atoms with van der Waals surface area (Å²) in [5.41, 5.74) is 3.25. The maximum atomic E-state index is 12.0. The summed E-state index contributed by atoms with van der Waals surface area (Å²) in [6, 6.07) is 13.7. The Bertz CT molecular complexity index is 626. The summed E-state index contributed by atoms with van der Waals surface area (Å²) in [7, 11) is 0. The molecule has 24 heavy (non-hydrogen) atoms. The topological polar surface area (TPSA) is 57.3 Å². The molecule has 0 radical (unpaired) electrons. The van der Waals surface area contributed by atoms with Gasteiger partial charge in [-0.3, -0.25) is 9.88 Å². The molecule has 128 valence electrons. The van der Waals surface area contributed by atoms with E-state index in [2.05, 4.69) is 46.5 Å². The fourth-order valence-electron chi connectivity index (χ4n) is 2.48. The lowest BCUT2D eigenvalue weighted by Crippen LogP contribution is -2.35. The summed E-state index contributed by atoms with van der Waals surface area (Å²) in [5, 5.41) is 5.75. The van der Waals surface area contributed by atoms with Crippen molar-refractivity contribution in [2.24, 2.45) is 0 Å². The van der Waals surface area contributed by atoms with Crippen LogP contribution in [0.15, 0.2) is 48.7 Å². The molecule has 2 amide bonds. The van der Waals surface area contributed by atoms with Crippen molar-refractivity contribution in [2.75, 3.05) is 13.1 Å². The van der Waals surface area contributed by atoms with E-state index in [1.165, 1.54) is 5.56 Å². The van der Waals surface area contributed by atoms with E-state index in [0.717, 1.165) is 30.9 Å². The fraction of sp³-hybridized carbons (Fsp3) is 0.368. The van der Waals surface area contributed by atoms with Gasteiger partial charge in [0.1, 0.15) is 0 Å². The molecular weight excluding hydrogens is 300 g/mol. The maximum Gasteiger partial charge on any atom is 0.315 e. The minimum absolute atomic E-state index is 0.182. The number of carbonyl (C=O) groups excluding carboxylic acids is 1. The molecule has 0 aliphatic heterocycles. The van der Waals surface area contributed by atoms with Crippen molar-refractivity contribution >= 4 is 6.03 Å². The lowest BCUT2D eigenvalue weighted by molar-refractivity contribution is 0.240. The number of aromatic nitrogens is 1. The number of rotatable bonds is 8. The van der Waals surface area contributed by atoms with Gasteiger partial charge in [-0.25, -0.2) is 4.79 Å². The molecule has 0 bridgehead atoms. The summed E-state index contributed by atoms with van der Waals surface area (Å²) >= 11 is 0. The molecule has 2 N–H and O–H groups in total. The molecule has 0 unspecified atom stereocenters. The fourth-order valence-corrected chi connectivity index (χ4v) is 2.48. The number of pyridine rings is 1.